The lowest BCUT2D eigenvalue weighted by Crippen LogP contribution is -2.13. The van der Waals surface area contributed by atoms with Crippen LogP contribution in [0.2, 0.25) is 0 Å². The van der Waals surface area contributed by atoms with Gasteiger partial charge >= 0.3 is 0 Å². The second kappa shape index (κ2) is 8.86. The van der Waals surface area contributed by atoms with Crippen molar-refractivity contribution in [3.05, 3.63) is 76.4 Å². The largest absolute Gasteiger partial charge is 0.295 e. The van der Waals surface area contributed by atoms with Crippen LogP contribution in [0.5, 0.6) is 0 Å². The first-order chi connectivity index (χ1) is 14.1. The molecule has 5 nitrogen and oxygen atoms in total. The first-order valence-electron chi connectivity index (χ1n) is 8.94. The lowest BCUT2D eigenvalue weighted by molar-refractivity contribution is 0.102. The molecule has 1 amide bonds. The lowest BCUT2D eigenvalue weighted by Gasteiger charge is -2.02. The van der Waals surface area contributed by atoms with Crippen LogP contribution in [0, 0.1) is 13.8 Å². The average Bonchev–Trinajstić information content (AvgIpc) is 3.33. The van der Waals surface area contributed by atoms with Crippen LogP contribution < -0.4 is 5.32 Å². The van der Waals surface area contributed by atoms with Crippen molar-refractivity contribution in [3.63, 3.8) is 0 Å². The third-order valence-corrected chi connectivity index (χ3v) is 7.12. The molecule has 0 radical (unpaired) electrons. The van der Waals surface area contributed by atoms with Crippen molar-refractivity contribution in [3.8, 4) is 10.4 Å². The maximum Gasteiger partial charge on any atom is 0.277 e. The molecule has 0 saturated heterocycles. The number of thiazole rings is 1. The van der Waals surface area contributed by atoms with E-state index in [1.165, 1.54) is 33.8 Å². The average molecular weight is 439 g/mol. The molecular formula is C21H18N4OS3. The monoisotopic (exact) mass is 438 g/mol. The zero-order valence-electron chi connectivity index (χ0n) is 15.9. The summed E-state index contributed by atoms with van der Waals surface area (Å²) >= 11 is 4.49. The second-order valence-electron chi connectivity index (χ2n) is 6.38. The molecule has 146 valence electrons. The van der Waals surface area contributed by atoms with E-state index in [2.05, 4.69) is 51.7 Å². The van der Waals surface area contributed by atoms with E-state index in [9.17, 15) is 4.79 Å². The first kappa shape index (κ1) is 19.8. The van der Waals surface area contributed by atoms with Crippen LogP contribution in [0.25, 0.3) is 10.4 Å². The molecule has 2 heterocycles. The van der Waals surface area contributed by atoms with Crippen molar-refractivity contribution in [2.75, 3.05) is 5.32 Å². The summed E-state index contributed by atoms with van der Waals surface area (Å²) in [5, 5.41) is 12.5. The van der Waals surface area contributed by atoms with E-state index >= 15 is 0 Å². The van der Waals surface area contributed by atoms with Crippen LogP contribution in [0.15, 0.2) is 58.9 Å². The number of carbonyl (C=O) groups is 1. The van der Waals surface area contributed by atoms with Crippen molar-refractivity contribution >= 4 is 45.5 Å². The van der Waals surface area contributed by atoms with Crippen molar-refractivity contribution in [2.24, 2.45) is 0 Å². The van der Waals surface area contributed by atoms with E-state index in [0.29, 0.717) is 10.8 Å². The Morgan fingerprint density at radius 2 is 1.86 bits per heavy atom. The SMILES string of the molecule is Cc1cccc(CSc2nnc(NC(=O)c3nc(C)sc3-c3ccccc3)s2)c1. The summed E-state index contributed by atoms with van der Waals surface area (Å²) in [5.74, 6) is 0.549. The highest BCUT2D eigenvalue weighted by Crippen LogP contribution is 2.32. The number of thioether (sulfide) groups is 1. The Kier molecular flexibility index (Phi) is 6.03. The zero-order valence-corrected chi connectivity index (χ0v) is 18.3. The zero-order chi connectivity index (χ0) is 20.2. The van der Waals surface area contributed by atoms with Gasteiger partial charge in [-0.2, -0.15) is 0 Å². The van der Waals surface area contributed by atoms with E-state index < -0.39 is 0 Å². The number of amides is 1. The van der Waals surface area contributed by atoms with Gasteiger partial charge in [-0.3, -0.25) is 10.1 Å². The summed E-state index contributed by atoms with van der Waals surface area (Å²) in [4.78, 5) is 18.1. The smallest absolute Gasteiger partial charge is 0.277 e. The van der Waals surface area contributed by atoms with Gasteiger partial charge in [-0.1, -0.05) is 83.3 Å². The summed E-state index contributed by atoms with van der Waals surface area (Å²) in [6, 6.07) is 18.2. The molecular weight excluding hydrogens is 420 g/mol. The van der Waals surface area contributed by atoms with E-state index in [1.807, 2.05) is 37.3 Å². The fraction of sp³-hybridized carbons (Fsp3) is 0.143. The Morgan fingerprint density at radius 3 is 2.66 bits per heavy atom. The van der Waals surface area contributed by atoms with Gasteiger partial charge in [-0.05, 0) is 25.0 Å². The minimum atomic E-state index is -0.264. The summed E-state index contributed by atoms with van der Waals surface area (Å²) < 4.78 is 0.819. The van der Waals surface area contributed by atoms with Crippen molar-refractivity contribution < 1.29 is 4.79 Å². The minimum absolute atomic E-state index is 0.264. The highest BCUT2D eigenvalue weighted by atomic mass is 32.2. The van der Waals surface area contributed by atoms with Gasteiger partial charge in [0.25, 0.3) is 5.91 Å². The normalized spacial score (nSPS) is 10.8. The molecule has 0 aliphatic carbocycles. The fourth-order valence-electron chi connectivity index (χ4n) is 2.79. The van der Waals surface area contributed by atoms with Gasteiger partial charge in [0, 0.05) is 5.75 Å². The number of benzene rings is 2. The van der Waals surface area contributed by atoms with E-state index in [1.54, 1.807) is 11.8 Å². The van der Waals surface area contributed by atoms with Gasteiger partial charge in [0.2, 0.25) is 5.13 Å². The number of aromatic nitrogens is 3. The van der Waals surface area contributed by atoms with Crippen LogP contribution in [-0.4, -0.2) is 21.1 Å². The maximum atomic E-state index is 12.8. The molecule has 4 aromatic rings. The standard InChI is InChI=1S/C21H18N4OS3/c1-13-7-6-8-15(11-13)12-27-21-25-24-20(29-21)23-19(26)17-18(28-14(2)22-17)16-9-4-3-5-10-16/h3-11H,12H2,1-2H3,(H,23,24,26). The molecule has 0 bridgehead atoms. The van der Waals surface area contributed by atoms with E-state index in [-0.39, 0.29) is 5.91 Å². The highest BCUT2D eigenvalue weighted by molar-refractivity contribution is 8.00. The number of hydrogen-bond acceptors (Lipinski definition) is 7. The number of rotatable bonds is 6. The van der Waals surface area contributed by atoms with Crippen molar-refractivity contribution in [1.82, 2.24) is 15.2 Å². The number of nitrogens with one attached hydrogen (secondary N) is 1. The number of hydrogen-bond donors (Lipinski definition) is 1. The maximum absolute atomic E-state index is 12.8. The molecule has 0 unspecified atom stereocenters. The van der Waals surface area contributed by atoms with Crippen LogP contribution in [0.1, 0.15) is 26.6 Å². The molecule has 0 aliphatic rings. The predicted molar refractivity (Wildman–Crippen MR) is 121 cm³/mol. The van der Waals surface area contributed by atoms with Crippen LogP contribution in [0.3, 0.4) is 0 Å². The molecule has 0 fully saturated rings. The summed E-state index contributed by atoms with van der Waals surface area (Å²) in [6.45, 7) is 3.98. The molecule has 0 atom stereocenters. The van der Waals surface area contributed by atoms with E-state index in [4.69, 9.17) is 0 Å². The van der Waals surface area contributed by atoms with E-state index in [0.717, 1.165) is 25.5 Å². The fourth-order valence-corrected chi connectivity index (χ4v) is 5.40. The highest BCUT2D eigenvalue weighted by Gasteiger charge is 2.19. The predicted octanol–water partition coefficient (Wildman–Crippen LogP) is 5.82. The third-order valence-electron chi connectivity index (χ3n) is 4.06. The van der Waals surface area contributed by atoms with Crippen molar-refractivity contribution in [1.29, 1.82) is 0 Å². The Morgan fingerprint density at radius 1 is 1.03 bits per heavy atom. The Bertz CT molecular complexity index is 1140. The van der Waals surface area contributed by atoms with Crippen molar-refractivity contribution in [2.45, 2.75) is 23.9 Å². The van der Waals surface area contributed by atoms with Crippen LogP contribution in [0.4, 0.5) is 5.13 Å². The van der Waals surface area contributed by atoms with Gasteiger partial charge in [0.15, 0.2) is 4.34 Å². The molecule has 1 N–H and O–H groups in total. The molecule has 2 aromatic heterocycles. The lowest BCUT2D eigenvalue weighted by atomic mass is 10.1. The Balaban J connectivity index is 1.45. The van der Waals surface area contributed by atoms with Gasteiger partial charge in [0.1, 0.15) is 5.69 Å². The molecule has 0 spiro atoms. The molecule has 29 heavy (non-hydrogen) atoms. The van der Waals surface area contributed by atoms with Crippen LogP contribution >= 0.6 is 34.4 Å². The number of nitrogens with zero attached hydrogens (tertiary/aromatic N) is 3. The topological polar surface area (TPSA) is 67.8 Å². The Hall–Kier alpha value is -2.55. The Labute approximate surface area is 181 Å². The molecule has 0 aliphatic heterocycles. The second-order valence-corrected chi connectivity index (χ2v) is 9.78. The van der Waals surface area contributed by atoms with Gasteiger partial charge in [0.05, 0.1) is 9.88 Å². The van der Waals surface area contributed by atoms with Crippen LogP contribution in [-0.2, 0) is 5.75 Å². The molecule has 0 saturated carbocycles. The first-order valence-corrected chi connectivity index (χ1v) is 11.6. The molecule has 4 rings (SSSR count). The molecule has 2 aromatic carbocycles. The third kappa shape index (κ3) is 4.90. The summed E-state index contributed by atoms with van der Waals surface area (Å²) in [7, 11) is 0. The number of aryl methyl sites for hydroxylation is 2. The summed E-state index contributed by atoms with van der Waals surface area (Å²) in [5.41, 5.74) is 3.88. The summed E-state index contributed by atoms with van der Waals surface area (Å²) in [6.07, 6.45) is 0. The minimum Gasteiger partial charge on any atom is -0.295 e. The van der Waals surface area contributed by atoms with Gasteiger partial charge < -0.3 is 0 Å². The molecule has 8 heteroatoms. The quantitative estimate of drug-likeness (QED) is 0.303. The number of anilines is 1. The van der Waals surface area contributed by atoms with Gasteiger partial charge in [-0.25, -0.2) is 4.98 Å². The van der Waals surface area contributed by atoms with Gasteiger partial charge in [-0.15, -0.1) is 21.5 Å². The number of carbonyl (C=O) groups excluding carboxylic acids is 1.